The maximum absolute atomic E-state index is 6.29. The molecule has 1 aromatic carbocycles. The number of nitrogen functional groups attached to an aromatic ring is 1. The zero-order valence-electron chi connectivity index (χ0n) is 15.8. The maximum Gasteiger partial charge on any atom is 0.169 e. The van der Waals surface area contributed by atoms with Crippen LogP contribution >= 0.6 is 0 Å². The van der Waals surface area contributed by atoms with Crippen molar-refractivity contribution in [1.29, 1.82) is 0 Å². The number of nitrogens with two attached hydrogens (primary N) is 2. The van der Waals surface area contributed by atoms with Gasteiger partial charge >= 0.3 is 0 Å². The third-order valence-electron chi connectivity index (χ3n) is 5.47. The predicted octanol–water partition coefficient (Wildman–Crippen LogP) is 1.24. The molecule has 27 heavy (non-hydrogen) atoms. The molecule has 1 aromatic heterocycles. The number of rotatable bonds is 5. The molecule has 3 heterocycles. The minimum atomic E-state index is -0.156. The van der Waals surface area contributed by atoms with Crippen LogP contribution in [0.25, 0.3) is 0 Å². The summed E-state index contributed by atoms with van der Waals surface area (Å²) in [5.41, 5.74) is 6.29. The second-order valence-electron chi connectivity index (χ2n) is 7.55. The second-order valence-corrected chi connectivity index (χ2v) is 7.55. The Kier molecular flexibility index (Phi) is 5.18. The molecular formula is C19H28N6O2. The normalized spacial score (nSPS) is 21.9. The summed E-state index contributed by atoms with van der Waals surface area (Å²) in [5, 5.41) is 4.20. The molecule has 8 nitrogen and oxygen atoms in total. The molecule has 0 bridgehead atoms. The average Bonchev–Trinajstić information content (AvgIpc) is 3.02. The van der Waals surface area contributed by atoms with E-state index in [1.807, 2.05) is 31.2 Å². The molecule has 4 rings (SSSR count). The monoisotopic (exact) mass is 372 g/mol. The Bertz CT molecular complexity index is 752. The summed E-state index contributed by atoms with van der Waals surface area (Å²) < 4.78 is 11.9. The molecular weight excluding hydrogens is 344 g/mol. The van der Waals surface area contributed by atoms with Crippen molar-refractivity contribution in [3.8, 4) is 11.5 Å². The largest absolute Gasteiger partial charge is 0.486 e. The van der Waals surface area contributed by atoms with Crippen molar-refractivity contribution in [3.63, 3.8) is 0 Å². The third-order valence-corrected chi connectivity index (χ3v) is 5.47. The predicted molar refractivity (Wildman–Crippen MR) is 102 cm³/mol. The zero-order chi connectivity index (χ0) is 18.8. The van der Waals surface area contributed by atoms with E-state index in [0.29, 0.717) is 24.2 Å². The highest BCUT2D eigenvalue weighted by Gasteiger charge is 2.27. The topological polar surface area (TPSA) is 104 Å². The van der Waals surface area contributed by atoms with Crippen LogP contribution in [0.3, 0.4) is 0 Å². The highest BCUT2D eigenvalue weighted by atomic mass is 16.6. The summed E-state index contributed by atoms with van der Waals surface area (Å²) in [5.74, 6) is 9.31. The first kappa shape index (κ1) is 18.1. The summed E-state index contributed by atoms with van der Waals surface area (Å²) >= 11 is 0. The fraction of sp³-hybridized carbons (Fsp3) is 0.579. The lowest BCUT2D eigenvalue weighted by Crippen LogP contribution is -2.44. The summed E-state index contributed by atoms with van der Waals surface area (Å²) in [6.45, 7) is 5.44. The maximum atomic E-state index is 6.29. The van der Waals surface area contributed by atoms with E-state index in [-0.39, 0.29) is 12.1 Å². The third kappa shape index (κ3) is 4.17. The van der Waals surface area contributed by atoms with Gasteiger partial charge in [-0.2, -0.15) is 4.79 Å². The van der Waals surface area contributed by atoms with Crippen LogP contribution in [-0.4, -0.2) is 52.1 Å². The Morgan fingerprint density at radius 2 is 1.96 bits per heavy atom. The van der Waals surface area contributed by atoms with E-state index in [9.17, 15) is 0 Å². The number of hydrogen-bond acceptors (Lipinski definition) is 7. The fourth-order valence-electron chi connectivity index (χ4n) is 3.89. The van der Waals surface area contributed by atoms with Gasteiger partial charge in [0.05, 0.1) is 6.04 Å². The van der Waals surface area contributed by atoms with Gasteiger partial charge in [-0.05, 0) is 57.3 Å². The lowest BCUT2D eigenvalue weighted by molar-refractivity contribution is 0.0467. The van der Waals surface area contributed by atoms with Gasteiger partial charge in [0.15, 0.2) is 17.3 Å². The van der Waals surface area contributed by atoms with E-state index in [2.05, 4.69) is 15.0 Å². The number of nitrogens with zero attached hydrogens (tertiary/aromatic N) is 4. The number of aromatic nitrogens is 3. The molecule has 2 atom stereocenters. The van der Waals surface area contributed by atoms with Crippen molar-refractivity contribution in [1.82, 2.24) is 19.8 Å². The number of likely N-dealkylation sites (tertiary alicyclic amines) is 1. The Labute approximate surface area is 159 Å². The van der Waals surface area contributed by atoms with Crippen LogP contribution < -0.4 is 21.1 Å². The van der Waals surface area contributed by atoms with Gasteiger partial charge in [0.2, 0.25) is 0 Å². The van der Waals surface area contributed by atoms with Gasteiger partial charge in [-0.25, -0.2) is 4.98 Å². The summed E-state index contributed by atoms with van der Waals surface area (Å²) in [6, 6.07) is 7.70. The Morgan fingerprint density at radius 3 is 2.67 bits per heavy atom. The number of aryl methyl sites for hydroxylation is 1. The standard InChI is InChI=1S/C19H28N6O2/c1-13-22-19(23-25(13)21)16(20)10-14-6-8-24(9-7-14)11-15-12-26-17-4-2-3-5-18(17)27-15/h2-5,14-16H,6-12,20-21H2,1H3. The second kappa shape index (κ2) is 7.74. The number of benzene rings is 1. The highest BCUT2D eigenvalue weighted by molar-refractivity contribution is 5.40. The zero-order valence-corrected chi connectivity index (χ0v) is 15.8. The molecule has 0 aliphatic carbocycles. The van der Waals surface area contributed by atoms with Crippen molar-refractivity contribution in [3.05, 3.63) is 35.9 Å². The van der Waals surface area contributed by atoms with Crippen molar-refractivity contribution < 1.29 is 9.47 Å². The lowest BCUT2D eigenvalue weighted by Gasteiger charge is -2.36. The Balaban J connectivity index is 1.23. The first-order valence-corrected chi connectivity index (χ1v) is 9.63. The first-order valence-electron chi connectivity index (χ1n) is 9.63. The molecule has 1 saturated heterocycles. The van der Waals surface area contributed by atoms with Crippen LogP contribution in [0.1, 0.15) is 37.0 Å². The fourth-order valence-corrected chi connectivity index (χ4v) is 3.89. The van der Waals surface area contributed by atoms with Crippen LogP contribution in [-0.2, 0) is 0 Å². The number of fused-ring (bicyclic) bond motifs is 1. The van der Waals surface area contributed by atoms with Gasteiger partial charge in [0.1, 0.15) is 18.5 Å². The molecule has 0 amide bonds. The van der Waals surface area contributed by atoms with Crippen molar-refractivity contribution in [2.75, 3.05) is 32.1 Å². The smallest absolute Gasteiger partial charge is 0.169 e. The van der Waals surface area contributed by atoms with Crippen LogP contribution in [0.5, 0.6) is 11.5 Å². The SMILES string of the molecule is Cc1nc(C(N)CC2CCN(CC3COc4ccccc4O3)CC2)nn1N. The first-order chi connectivity index (χ1) is 13.1. The van der Waals surface area contributed by atoms with Gasteiger partial charge in [-0.1, -0.05) is 12.1 Å². The van der Waals surface area contributed by atoms with Gasteiger partial charge in [0, 0.05) is 6.54 Å². The molecule has 8 heteroatoms. The molecule has 1 fully saturated rings. The van der Waals surface area contributed by atoms with Gasteiger partial charge in [0.25, 0.3) is 0 Å². The molecule has 2 aromatic rings. The quantitative estimate of drug-likeness (QED) is 0.761. The van der Waals surface area contributed by atoms with Crippen molar-refractivity contribution in [2.45, 2.75) is 38.3 Å². The highest BCUT2D eigenvalue weighted by Crippen LogP contribution is 2.32. The molecule has 0 saturated carbocycles. The van der Waals surface area contributed by atoms with E-state index < -0.39 is 0 Å². The minimum Gasteiger partial charge on any atom is -0.486 e. The van der Waals surface area contributed by atoms with Crippen molar-refractivity contribution >= 4 is 0 Å². The summed E-state index contributed by atoms with van der Waals surface area (Å²) in [7, 11) is 0. The molecule has 146 valence electrons. The van der Waals surface area contributed by atoms with E-state index in [0.717, 1.165) is 50.4 Å². The summed E-state index contributed by atoms with van der Waals surface area (Å²) in [4.78, 5) is 8.10. The van der Waals surface area contributed by atoms with Crippen molar-refractivity contribution in [2.24, 2.45) is 11.7 Å². The summed E-state index contributed by atoms with van der Waals surface area (Å²) in [6.07, 6.45) is 3.23. The lowest BCUT2D eigenvalue weighted by atomic mass is 9.90. The Morgan fingerprint density at radius 1 is 1.22 bits per heavy atom. The van der Waals surface area contributed by atoms with Gasteiger partial charge in [-0.3, -0.25) is 4.90 Å². The number of para-hydroxylation sites is 2. The molecule has 2 aliphatic heterocycles. The van der Waals surface area contributed by atoms with Crippen LogP contribution in [0, 0.1) is 12.8 Å². The molecule has 0 radical (unpaired) electrons. The van der Waals surface area contributed by atoms with Crippen LogP contribution in [0.15, 0.2) is 24.3 Å². The van der Waals surface area contributed by atoms with Gasteiger partial charge in [-0.15, -0.1) is 5.10 Å². The molecule has 2 aliphatic rings. The average molecular weight is 372 g/mol. The van der Waals surface area contributed by atoms with E-state index in [4.69, 9.17) is 21.1 Å². The molecule has 0 spiro atoms. The Hall–Kier alpha value is -2.32. The van der Waals surface area contributed by atoms with Crippen LogP contribution in [0.2, 0.25) is 0 Å². The number of piperidine rings is 1. The van der Waals surface area contributed by atoms with Gasteiger partial charge < -0.3 is 21.1 Å². The molecule has 4 N–H and O–H groups in total. The number of ether oxygens (including phenoxy) is 2. The van der Waals surface area contributed by atoms with E-state index >= 15 is 0 Å². The van der Waals surface area contributed by atoms with E-state index in [1.54, 1.807) is 0 Å². The van der Waals surface area contributed by atoms with Crippen LogP contribution in [0.4, 0.5) is 0 Å². The number of hydrogen-bond donors (Lipinski definition) is 2. The molecule has 2 unspecified atom stereocenters. The minimum absolute atomic E-state index is 0.0828. The van der Waals surface area contributed by atoms with E-state index in [1.165, 1.54) is 4.79 Å².